The van der Waals surface area contributed by atoms with E-state index in [0.29, 0.717) is 5.52 Å². The van der Waals surface area contributed by atoms with Gasteiger partial charge in [0.05, 0.1) is 12.1 Å². The van der Waals surface area contributed by atoms with E-state index in [2.05, 4.69) is 9.88 Å². The highest BCUT2D eigenvalue weighted by molar-refractivity contribution is 5.94. The molecule has 1 saturated heterocycles. The third kappa shape index (κ3) is 2.10. The standard InChI is InChI=1S/C14H17N3O2/c1-10-5-4-8-17-11(9-16-6-2-3-7-16)15-12(13(10)17)14(18)19/h4-5,8H,2-3,6-7,9H2,1H3,(H,18,19). The number of carboxylic acids is 1. The summed E-state index contributed by atoms with van der Waals surface area (Å²) >= 11 is 0. The Balaban J connectivity index is 2.09. The molecule has 5 heteroatoms. The number of aromatic nitrogens is 2. The van der Waals surface area contributed by atoms with Crippen LogP contribution in [0.1, 0.15) is 34.7 Å². The number of likely N-dealkylation sites (tertiary alicyclic amines) is 1. The molecule has 5 nitrogen and oxygen atoms in total. The Morgan fingerprint density at radius 3 is 2.84 bits per heavy atom. The van der Waals surface area contributed by atoms with Crippen LogP contribution in [-0.2, 0) is 6.54 Å². The van der Waals surface area contributed by atoms with Gasteiger partial charge in [0.25, 0.3) is 0 Å². The number of aromatic carboxylic acids is 1. The maximum absolute atomic E-state index is 11.3. The predicted octanol–water partition coefficient (Wildman–Crippen LogP) is 1.94. The van der Waals surface area contributed by atoms with Crippen LogP contribution in [0, 0.1) is 6.92 Å². The quantitative estimate of drug-likeness (QED) is 0.915. The van der Waals surface area contributed by atoms with Gasteiger partial charge in [0.1, 0.15) is 5.82 Å². The lowest BCUT2D eigenvalue weighted by Gasteiger charge is -2.13. The lowest BCUT2D eigenvalue weighted by Crippen LogP contribution is -2.20. The molecule has 2 aromatic heterocycles. The van der Waals surface area contributed by atoms with E-state index >= 15 is 0 Å². The van der Waals surface area contributed by atoms with Gasteiger partial charge in [-0.2, -0.15) is 0 Å². The molecule has 0 bridgehead atoms. The normalized spacial score (nSPS) is 16.3. The Bertz CT molecular complexity index is 627. The second-order valence-corrected chi connectivity index (χ2v) is 5.07. The molecule has 3 rings (SSSR count). The summed E-state index contributed by atoms with van der Waals surface area (Å²) < 4.78 is 1.91. The number of rotatable bonds is 3. The van der Waals surface area contributed by atoms with E-state index in [1.54, 1.807) is 0 Å². The van der Waals surface area contributed by atoms with Crippen molar-refractivity contribution in [2.75, 3.05) is 13.1 Å². The molecular formula is C14H17N3O2. The van der Waals surface area contributed by atoms with E-state index in [0.717, 1.165) is 31.0 Å². The SMILES string of the molecule is Cc1cccn2c(CN3CCCC3)nc(C(=O)O)c12. The van der Waals surface area contributed by atoms with Gasteiger partial charge in [-0.1, -0.05) is 6.07 Å². The van der Waals surface area contributed by atoms with Crippen molar-refractivity contribution in [1.82, 2.24) is 14.3 Å². The third-order valence-corrected chi connectivity index (χ3v) is 3.71. The Morgan fingerprint density at radius 2 is 2.16 bits per heavy atom. The van der Waals surface area contributed by atoms with Gasteiger partial charge in [-0.3, -0.25) is 4.90 Å². The summed E-state index contributed by atoms with van der Waals surface area (Å²) in [5, 5.41) is 9.29. The molecule has 0 aromatic carbocycles. The highest BCUT2D eigenvalue weighted by atomic mass is 16.4. The molecule has 0 unspecified atom stereocenters. The first-order chi connectivity index (χ1) is 9.16. The average molecular weight is 259 g/mol. The molecule has 0 aliphatic carbocycles. The first kappa shape index (κ1) is 12.2. The number of fused-ring (bicyclic) bond motifs is 1. The molecule has 0 saturated carbocycles. The van der Waals surface area contributed by atoms with Gasteiger partial charge in [-0.15, -0.1) is 0 Å². The van der Waals surface area contributed by atoms with E-state index < -0.39 is 5.97 Å². The topological polar surface area (TPSA) is 57.8 Å². The zero-order valence-corrected chi connectivity index (χ0v) is 11.0. The molecule has 2 aromatic rings. The second-order valence-electron chi connectivity index (χ2n) is 5.07. The van der Waals surface area contributed by atoms with E-state index in [1.165, 1.54) is 12.8 Å². The fourth-order valence-corrected chi connectivity index (χ4v) is 2.77. The number of imidazole rings is 1. The third-order valence-electron chi connectivity index (χ3n) is 3.71. The average Bonchev–Trinajstić information content (AvgIpc) is 2.99. The van der Waals surface area contributed by atoms with Crippen molar-refractivity contribution < 1.29 is 9.90 Å². The van der Waals surface area contributed by atoms with Crippen molar-refractivity contribution in [3.05, 3.63) is 35.4 Å². The molecular weight excluding hydrogens is 242 g/mol. The summed E-state index contributed by atoms with van der Waals surface area (Å²) in [4.78, 5) is 18.0. The van der Waals surface area contributed by atoms with Crippen molar-refractivity contribution in [2.24, 2.45) is 0 Å². The van der Waals surface area contributed by atoms with Crippen LogP contribution in [0.25, 0.3) is 5.52 Å². The number of carboxylic acid groups (broad SMARTS) is 1. The summed E-state index contributed by atoms with van der Waals surface area (Å²) in [7, 11) is 0. The van der Waals surface area contributed by atoms with Crippen molar-refractivity contribution in [2.45, 2.75) is 26.3 Å². The van der Waals surface area contributed by atoms with Gasteiger partial charge in [0.2, 0.25) is 0 Å². The minimum Gasteiger partial charge on any atom is -0.476 e. The van der Waals surface area contributed by atoms with Crippen LogP contribution < -0.4 is 0 Å². The highest BCUT2D eigenvalue weighted by Crippen LogP contribution is 2.20. The molecule has 0 amide bonds. The molecule has 1 aliphatic heterocycles. The van der Waals surface area contributed by atoms with Crippen LogP contribution in [0.5, 0.6) is 0 Å². The van der Waals surface area contributed by atoms with Crippen LogP contribution in [0.4, 0.5) is 0 Å². The minimum atomic E-state index is -0.959. The first-order valence-electron chi connectivity index (χ1n) is 6.59. The monoisotopic (exact) mass is 259 g/mol. The summed E-state index contributed by atoms with van der Waals surface area (Å²) in [6.07, 6.45) is 4.33. The van der Waals surface area contributed by atoms with Gasteiger partial charge < -0.3 is 9.51 Å². The lowest BCUT2D eigenvalue weighted by molar-refractivity contribution is 0.0693. The summed E-state index contributed by atoms with van der Waals surface area (Å²) in [6.45, 7) is 4.78. The van der Waals surface area contributed by atoms with Crippen LogP contribution >= 0.6 is 0 Å². The summed E-state index contributed by atoms with van der Waals surface area (Å²) in [5.41, 5.74) is 1.82. The smallest absolute Gasteiger partial charge is 0.356 e. The largest absolute Gasteiger partial charge is 0.476 e. The van der Waals surface area contributed by atoms with Crippen molar-refractivity contribution >= 4 is 11.5 Å². The zero-order valence-electron chi connectivity index (χ0n) is 11.0. The van der Waals surface area contributed by atoms with E-state index in [4.69, 9.17) is 0 Å². The van der Waals surface area contributed by atoms with Gasteiger partial charge in [-0.05, 0) is 44.5 Å². The first-order valence-corrected chi connectivity index (χ1v) is 6.59. The fraction of sp³-hybridized carbons (Fsp3) is 0.429. The second kappa shape index (κ2) is 4.66. The molecule has 1 fully saturated rings. The Morgan fingerprint density at radius 1 is 1.42 bits per heavy atom. The Hall–Kier alpha value is -1.88. The predicted molar refractivity (Wildman–Crippen MR) is 71.4 cm³/mol. The Kier molecular flexibility index (Phi) is 2.98. The van der Waals surface area contributed by atoms with Crippen LogP contribution in [0.3, 0.4) is 0 Å². The maximum Gasteiger partial charge on any atom is 0.356 e. The number of hydrogen-bond acceptors (Lipinski definition) is 3. The van der Waals surface area contributed by atoms with Gasteiger partial charge in [0.15, 0.2) is 5.69 Å². The van der Waals surface area contributed by atoms with E-state index in [9.17, 15) is 9.90 Å². The number of pyridine rings is 1. The lowest BCUT2D eigenvalue weighted by atomic mass is 10.2. The summed E-state index contributed by atoms with van der Waals surface area (Å²) in [6, 6.07) is 3.85. The maximum atomic E-state index is 11.3. The minimum absolute atomic E-state index is 0.160. The van der Waals surface area contributed by atoms with E-state index in [1.807, 2.05) is 29.7 Å². The van der Waals surface area contributed by atoms with Gasteiger partial charge in [-0.25, -0.2) is 9.78 Å². The van der Waals surface area contributed by atoms with E-state index in [-0.39, 0.29) is 5.69 Å². The number of aryl methyl sites for hydroxylation is 1. The number of carbonyl (C=O) groups is 1. The molecule has 19 heavy (non-hydrogen) atoms. The molecule has 1 aliphatic rings. The number of hydrogen-bond donors (Lipinski definition) is 1. The van der Waals surface area contributed by atoms with Crippen molar-refractivity contribution in [3.63, 3.8) is 0 Å². The molecule has 0 atom stereocenters. The van der Waals surface area contributed by atoms with Crippen LogP contribution in [0.2, 0.25) is 0 Å². The molecule has 3 heterocycles. The van der Waals surface area contributed by atoms with Crippen LogP contribution in [-0.4, -0.2) is 38.4 Å². The highest BCUT2D eigenvalue weighted by Gasteiger charge is 2.20. The van der Waals surface area contributed by atoms with Crippen LogP contribution in [0.15, 0.2) is 18.3 Å². The van der Waals surface area contributed by atoms with Gasteiger partial charge in [0, 0.05) is 6.20 Å². The molecule has 0 spiro atoms. The zero-order chi connectivity index (χ0) is 13.4. The summed E-state index contributed by atoms with van der Waals surface area (Å²) in [5.74, 6) is -0.141. The molecule has 1 N–H and O–H groups in total. The Labute approximate surface area is 111 Å². The van der Waals surface area contributed by atoms with Gasteiger partial charge >= 0.3 is 5.97 Å². The van der Waals surface area contributed by atoms with Crippen molar-refractivity contribution in [1.29, 1.82) is 0 Å². The van der Waals surface area contributed by atoms with Crippen molar-refractivity contribution in [3.8, 4) is 0 Å². The number of nitrogens with zero attached hydrogens (tertiary/aromatic N) is 3. The molecule has 0 radical (unpaired) electrons. The molecule has 100 valence electrons. The fourth-order valence-electron chi connectivity index (χ4n) is 2.77.